The summed E-state index contributed by atoms with van der Waals surface area (Å²) in [5.41, 5.74) is 0. The number of alkyl halides is 2. The molecule has 0 fully saturated rings. The highest BCUT2D eigenvalue weighted by Crippen LogP contribution is 2.39. The Morgan fingerprint density at radius 1 is 1.12 bits per heavy atom. The lowest BCUT2D eigenvalue weighted by Crippen LogP contribution is -2.49. The maximum atomic E-state index is 9.72. The van der Waals surface area contributed by atoms with Crippen LogP contribution in [0, 0.1) is 0 Å². The van der Waals surface area contributed by atoms with E-state index >= 15 is 0 Å². The molecule has 0 radical (unpaired) electrons. The van der Waals surface area contributed by atoms with Crippen molar-refractivity contribution in [3.05, 3.63) is 12.2 Å². The molecule has 0 unspecified atom stereocenters. The zero-order valence-electron chi connectivity index (χ0n) is 11.1. The maximum absolute atomic E-state index is 9.72. The highest BCUT2D eigenvalue weighted by molar-refractivity contribution is 9.12. The molecule has 1 N–H and O–H groups in total. The molecule has 5 heteroatoms. The normalized spacial score (nSPS) is 35.1. The third-order valence-electron chi connectivity index (χ3n) is 3.68. The second-order valence-electron chi connectivity index (χ2n) is 6.11. The average Bonchev–Trinajstić information content (AvgIpc) is 2.17. The van der Waals surface area contributed by atoms with Gasteiger partial charge in [-0.15, -0.1) is 0 Å². The Balaban J connectivity index is 2.80. The Hall–Kier alpha value is 0.837. The molecule has 17 heavy (non-hydrogen) atoms. The highest BCUT2D eigenvalue weighted by Gasteiger charge is 2.42. The largest absolute Gasteiger partial charge is 0.409 e. The topological polar surface area (TPSA) is 29.5 Å². The molecule has 0 aliphatic heterocycles. The predicted molar refractivity (Wildman–Crippen MR) is 82.6 cm³/mol. The van der Waals surface area contributed by atoms with Crippen molar-refractivity contribution < 1.29 is 9.53 Å². The molecule has 0 aromatic heterocycles. The van der Waals surface area contributed by atoms with E-state index in [9.17, 15) is 5.11 Å². The van der Waals surface area contributed by atoms with Crippen LogP contribution in [-0.4, -0.2) is 35.3 Å². The molecular weight excluding hydrogens is 364 g/mol. The van der Waals surface area contributed by atoms with E-state index in [-0.39, 0.29) is 20.8 Å². The minimum Gasteiger partial charge on any atom is -0.409 e. The molecule has 0 saturated carbocycles. The van der Waals surface area contributed by atoms with Gasteiger partial charge in [-0.05, 0) is 18.1 Å². The van der Waals surface area contributed by atoms with E-state index in [1.165, 1.54) is 0 Å². The Labute approximate surface area is 122 Å². The fourth-order valence-corrected chi connectivity index (χ4v) is 3.96. The minimum absolute atomic E-state index is 0.00210. The van der Waals surface area contributed by atoms with Gasteiger partial charge in [0, 0.05) is 0 Å². The lowest BCUT2D eigenvalue weighted by Gasteiger charge is -2.41. The molecule has 0 bridgehead atoms. The number of hydrogen-bond acceptors (Lipinski definition) is 2. The lowest BCUT2D eigenvalue weighted by atomic mass is 10.0. The first-order valence-corrected chi connectivity index (χ1v) is 10.6. The van der Waals surface area contributed by atoms with Gasteiger partial charge in [0.05, 0.1) is 21.9 Å². The van der Waals surface area contributed by atoms with Crippen molar-refractivity contribution in [1.29, 1.82) is 0 Å². The minimum atomic E-state index is -1.77. The number of rotatable bonds is 2. The second-order valence-corrected chi connectivity index (χ2v) is 13.0. The van der Waals surface area contributed by atoms with Crippen molar-refractivity contribution in [3.63, 3.8) is 0 Å². The molecule has 0 spiro atoms. The molecule has 0 amide bonds. The molecule has 0 saturated heterocycles. The molecule has 0 heterocycles. The van der Waals surface area contributed by atoms with E-state index in [2.05, 4.69) is 65.7 Å². The van der Waals surface area contributed by atoms with E-state index in [1.807, 2.05) is 12.2 Å². The molecule has 0 aromatic rings. The number of hydrogen-bond donors (Lipinski definition) is 1. The van der Waals surface area contributed by atoms with E-state index in [4.69, 9.17) is 4.43 Å². The van der Waals surface area contributed by atoms with Crippen molar-refractivity contribution in [2.24, 2.45) is 0 Å². The van der Waals surface area contributed by atoms with Crippen molar-refractivity contribution in [3.8, 4) is 0 Å². The summed E-state index contributed by atoms with van der Waals surface area (Å²) in [5, 5.41) is 9.92. The van der Waals surface area contributed by atoms with Crippen molar-refractivity contribution in [2.45, 2.75) is 60.8 Å². The van der Waals surface area contributed by atoms with Crippen LogP contribution in [0.4, 0.5) is 0 Å². The van der Waals surface area contributed by atoms with Crippen LogP contribution in [0.25, 0.3) is 0 Å². The first kappa shape index (κ1) is 15.9. The summed E-state index contributed by atoms with van der Waals surface area (Å²) in [6, 6.07) is 0. The van der Waals surface area contributed by atoms with Crippen LogP contribution in [0.3, 0.4) is 0 Å². The van der Waals surface area contributed by atoms with Gasteiger partial charge in [0.25, 0.3) is 0 Å². The monoisotopic (exact) mass is 384 g/mol. The molecule has 0 aromatic carbocycles. The first-order valence-electron chi connectivity index (χ1n) is 5.88. The lowest BCUT2D eigenvalue weighted by molar-refractivity contribution is 0.164. The number of halogens is 2. The average molecular weight is 386 g/mol. The third kappa shape index (κ3) is 3.66. The van der Waals surface area contributed by atoms with Gasteiger partial charge in [0.1, 0.15) is 0 Å². The van der Waals surface area contributed by atoms with Crippen LogP contribution < -0.4 is 0 Å². The first-order chi connectivity index (χ1) is 7.56. The Morgan fingerprint density at radius 3 is 2.12 bits per heavy atom. The van der Waals surface area contributed by atoms with Gasteiger partial charge in [-0.25, -0.2) is 0 Å². The SMILES string of the molecule is CC(C)(C)[Si](C)(C)O[C@@H]1C=C[C@@H](O)[C@H](Br)[C@H]1Br. The number of aliphatic hydroxyl groups excluding tert-OH is 1. The van der Waals surface area contributed by atoms with Crippen molar-refractivity contribution in [1.82, 2.24) is 0 Å². The summed E-state index contributed by atoms with van der Waals surface area (Å²) in [6.45, 7) is 11.2. The highest BCUT2D eigenvalue weighted by atomic mass is 79.9. The quantitative estimate of drug-likeness (QED) is 0.444. The van der Waals surface area contributed by atoms with Crippen LogP contribution in [0.5, 0.6) is 0 Å². The molecule has 1 aliphatic carbocycles. The van der Waals surface area contributed by atoms with Gasteiger partial charge in [0.15, 0.2) is 8.32 Å². The van der Waals surface area contributed by atoms with E-state index < -0.39 is 14.4 Å². The molecular formula is C12H22Br2O2Si. The van der Waals surface area contributed by atoms with Gasteiger partial charge in [-0.3, -0.25) is 0 Å². The summed E-state index contributed by atoms with van der Waals surface area (Å²) >= 11 is 7.12. The van der Waals surface area contributed by atoms with Crippen LogP contribution in [-0.2, 0) is 4.43 Å². The smallest absolute Gasteiger partial charge is 0.192 e. The standard InChI is InChI=1S/C12H22Br2O2Si/c1-12(2,3)17(4,5)16-9-7-6-8(15)10(13)11(9)14/h6-11,15H,1-5H3/t8-,9-,10+,11+/m1/s1. The van der Waals surface area contributed by atoms with Gasteiger partial charge in [-0.2, -0.15) is 0 Å². The predicted octanol–water partition coefficient (Wildman–Crippen LogP) is 3.83. The maximum Gasteiger partial charge on any atom is 0.192 e. The van der Waals surface area contributed by atoms with E-state index in [0.29, 0.717) is 0 Å². The zero-order chi connectivity index (χ0) is 13.4. The van der Waals surface area contributed by atoms with E-state index in [1.54, 1.807) is 0 Å². The van der Waals surface area contributed by atoms with E-state index in [0.717, 1.165) is 0 Å². The summed E-state index contributed by atoms with van der Waals surface area (Å²) in [7, 11) is -1.77. The molecule has 1 aliphatic rings. The van der Waals surface area contributed by atoms with Crippen molar-refractivity contribution >= 4 is 40.2 Å². The second kappa shape index (κ2) is 5.45. The zero-order valence-corrected chi connectivity index (χ0v) is 15.2. The summed E-state index contributed by atoms with van der Waals surface area (Å²) in [4.78, 5) is 0.110. The Bertz CT molecular complexity index is 299. The number of aliphatic hydroxyl groups is 1. The van der Waals surface area contributed by atoms with Crippen LogP contribution >= 0.6 is 31.9 Å². The van der Waals surface area contributed by atoms with Gasteiger partial charge >= 0.3 is 0 Å². The summed E-state index contributed by atoms with van der Waals surface area (Å²) in [6.07, 6.45) is 3.37. The summed E-state index contributed by atoms with van der Waals surface area (Å²) in [5.74, 6) is 0. The van der Waals surface area contributed by atoms with Crippen molar-refractivity contribution in [2.75, 3.05) is 0 Å². The third-order valence-corrected chi connectivity index (χ3v) is 11.1. The van der Waals surface area contributed by atoms with Gasteiger partial charge in [-0.1, -0.05) is 64.8 Å². The molecule has 100 valence electrons. The fourth-order valence-electron chi connectivity index (χ4n) is 1.43. The Kier molecular flexibility index (Phi) is 5.09. The molecule has 1 rings (SSSR count). The fraction of sp³-hybridized carbons (Fsp3) is 0.833. The van der Waals surface area contributed by atoms with Crippen LogP contribution in [0.1, 0.15) is 20.8 Å². The molecule has 2 nitrogen and oxygen atoms in total. The van der Waals surface area contributed by atoms with Gasteiger partial charge in [0.2, 0.25) is 0 Å². The summed E-state index contributed by atoms with van der Waals surface area (Å²) < 4.78 is 6.34. The van der Waals surface area contributed by atoms with Crippen LogP contribution in [0.2, 0.25) is 18.1 Å². The van der Waals surface area contributed by atoms with Crippen LogP contribution in [0.15, 0.2) is 12.2 Å². The molecule has 4 atom stereocenters. The van der Waals surface area contributed by atoms with Gasteiger partial charge < -0.3 is 9.53 Å². The Morgan fingerprint density at radius 2 is 1.65 bits per heavy atom.